The Morgan fingerprint density at radius 3 is 2.43 bits per heavy atom. The molecule has 4 aromatic rings. The van der Waals surface area contributed by atoms with Crippen LogP contribution < -0.4 is 0 Å². The van der Waals surface area contributed by atoms with Crippen LogP contribution in [0.1, 0.15) is 23.1 Å². The fourth-order valence-electron chi connectivity index (χ4n) is 3.75. The molecule has 1 atom stereocenters. The number of aliphatic hydroxyl groups is 1. The molecular formula is C26H24ClN3O6S. The van der Waals surface area contributed by atoms with Crippen LogP contribution in [0.2, 0.25) is 5.02 Å². The number of aliphatic hydroxyl groups excluding tert-OH is 1. The van der Waals surface area contributed by atoms with Crippen LogP contribution in [0.25, 0.3) is 11.4 Å². The first kappa shape index (κ1) is 26.3. The van der Waals surface area contributed by atoms with Crippen LogP contribution in [0, 0.1) is 6.92 Å². The number of carboxylic acid groups (broad SMARTS) is 1. The third-order valence-electron chi connectivity index (χ3n) is 5.73. The van der Waals surface area contributed by atoms with Crippen molar-refractivity contribution in [3.63, 3.8) is 0 Å². The average molecular weight is 542 g/mol. The van der Waals surface area contributed by atoms with Crippen molar-refractivity contribution < 1.29 is 27.9 Å². The zero-order chi connectivity index (χ0) is 26.6. The Hall–Kier alpha value is -3.73. The predicted octanol–water partition coefficient (Wildman–Crippen LogP) is 4.79. The van der Waals surface area contributed by atoms with E-state index in [1.807, 2.05) is 0 Å². The molecule has 0 bridgehead atoms. The van der Waals surface area contributed by atoms with Gasteiger partial charge in [0.25, 0.3) is 0 Å². The molecule has 9 nitrogen and oxygen atoms in total. The Balaban J connectivity index is 1.44. The van der Waals surface area contributed by atoms with E-state index in [2.05, 4.69) is 10.1 Å². The van der Waals surface area contributed by atoms with Gasteiger partial charge in [-0.2, -0.15) is 4.98 Å². The van der Waals surface area contributed by atoms with Crippen molar-refractivity contribution in [1.82, 2.24) is 15.0 Å². The lowest BCUT2D eigenvalue weighted by molar-refractivity contribution is 0.0973. The van der Waals surface area contributed by atoms with Crippen molar-refractivity contribution in [1.29, 1.82) is 0 Å². The molecule has 37 heavy (non-hydrogen) atoms. The Bertz CT molecular complexity index is 1500. The van der Waals surface area contributed by atoms with Gasteiger partial charge in [0.05, 0.1) is 22.4 Å². The van der Waals surface area contributed by atoms with Crippen LogP contribution in [0.5, 0.6) is 0 Å². The summed E-state index contributed by atoms with van der Waals surface area (Å²) in [6, 6.07) is 19.2. The van der Waals surface area contributed by atoms with E-state index < -0.39 is 22.0 Å². The van der Waals surface area contributed by atoms with Crippen LogP contribution in [0.3, 0.4) is 0 Å². The standard InChI is InChI=1S/C26H24ClN3O6S/c1-17-28-25(29-36-17)20-5-3-7-23(15-20)37(34,35)22-10-8-18(9-11-22)12-13-30(26(32)33)16-24(31)19-4-2-6-21(27)14-19/h2-11,14-15,24,31H,12-13,16H2,1H3,(H,32,33)/t24-/m0/s1. The van der Waals surface area contributed by atoms with Crippen molar-refractivity contribution in [2.45, 2.75) is 29.2 Å². The lowest BCUT2D eigenvalue weighted by Crippen LogP contribution is -2.35. The molecule has 1 heterocycles. The maximum Gasteiger partial charge on any atom is 0.407 e. The van der Waals surface area contributed by atoms with Gasteiger partial charge < -0.3 is 19.6 Å². The van der Waals surface area contributed by atoms with Gasteiger partial charge in [-0.25, -0.2) is 13.2 Å². The lowest BCUT2D eigenvalue weighted by atomic mass is 10.1. The van der Waals surface area contributed by atoms with Gasteiger partial charge in [0.2, 0.25) is 21.6 Å². The monoisotopic (exact) mass is 541 g/mol. The molecule has 0 saturated heterocycles. The van der Waals surface area contributed by atoms with E-state index >= 15 is 0 Å². The number of aryl methyl sites for hydroxylation is 1. The zero-order valence-corrected chi connectivity index (χ0v) is 21.4. The van der Waals surface area contributed by atoms with Crippen LogP contribution in [0.4, 0.5) is 4.79 Å². The first-order valence-corrected chi connectivity index (χ1v) is 13.2. The fraction of sp³-hybridized carbons (Fsp3) is 0.192. The van der Waals surface area contributed by atoms with E-state index in [1.165, 1.54) is 24.3 Å². The molecule has 4 rings (SSSR count). The summed E-state index contributed by atoms with van der Waals surface area (Å²) in [6.45, 7) is 1.64. The van der Waals surface area contributed by atoms with Crippen molar-refractivity contribution in [3.8, 4) is 11.4 Å². The second-order valence-electron chi connectivity index (χ2n) is 8.36. The second-order valence-corrected chi connectivity index (χ2v) is 10.7. The summed E-state index contributed by atoms with van der Waals surface area (Å²) in [6.07, 6.45) is -1.87. The van der Waals surface area contributed by atoms with Gasteiger partial charge >= 0.3 is 6.09 Å². The van der Waals surface area contributed by atoms with Gasteiger partial charge in [-0.05, 0) is 53.9 Å². The number of hydrogen-bond acceptors (Lipinski definition) is 7. The Kier molecular flexibility index (Phi) is 7.91. The first-order valence-electron chi connectivity index (χ1n) is 11.3. The first-order chi connectivity index (χ1) is 17.6. The summed E-state index contributed by atoms with van der Waals surface area (Å²) < 4.78 is 31.3. The van der Waals surface area contributed by atoms with Crippen molar-refractivity contribution in [2.75, 3.05) is 13.1 Å². The molecule has 0 aliphatic carbocycles. The largest absolute Gasteiger partial charge is 0.465 e. The van der Waals surface area contributed by atoms with E-state index in [1.54, 1.807) is 55.5 Å². The topological polar surface area (TPSA) is 134 Å². The number of sulfone groups is 1. The third-order valence-corrected chi connectivity index (χ3v) is 7.73. The Morgan fingerprint density at radius 2 is 1.78 bits per heavy atom. The SMILES string of the molecule is Cc1nc(-c2cccc(S(=O)(=O)c3ccc(CCN(C[C@H](O)c4cccc(Cl)c4)C(=O)O)cc3)c2)no1. The molecule has 0 aliphatic heterocycles. The molecule has 0 aliphatic rings. The number of hydrogen-bond donors (Lipinski definition) is 2. The summed E-state index contributed by atoms with van der Waals surface area (Å²) in [5.41, 5.74) is 1.79. The van der Waals surface area contributed by atoms with Gasteiger partial charge in [-0.15, -0.1) is 0 Å². The summed E-state index contributed by atoms with van der Waals surface area (Å²) in [5, 5.41) is 24.3. The van der Waals surface area contributed by atoms with Crippen LogP contribution in [0.15, 0.2) is 87.1 Å². The molecule has 0 spiro atoms. The van der Waals surface area contributed by atoms with E-state index in [9.17, 15) is 23.4 Å². The Labute approximate surface area is 218 Å². The van der Waals surface area contributed by atoms with Crippen molar-refractivity contribution in [2.24, 2.45) is 0 Å². The minimum Gasteiger partial charge on any atom is -0.465 e. The maximum absolute atomic E-state index is 13.2. The normalized spacial score (nSPS) is 12.3. The van der Waals surface area contributed by atoms with Crippen molar-refractivity contribution >= 4 is 27.5 Å². The van der Waals surface area contributed by atoms with Crippen molar-refractivity contribution in [3.05, 3.63) is 94.8 Å². The van der Waals surface area contributed by atoms with Gasteiger partial charge in [-0.3, -0.25) is 0 Å². The molecule has 0 saturated carbocycles. The molecule has 1 amide bonds. The smallest absolute Gasteiger partial charge is 0.407 e. The quantitative estimate of drug-likeness (QED) is 0.309. The van der Waals surface area contributed by atoms with Gasteiger partial charge in [0.1, 0.15) is 0 Å². The molecule has 0 radical (unpaired) electrons. The summed E-state index contributed by atoms with van der Waals surface area (Å²) >= 11 is 5.96. The molecule has 3 aromatic carbocycles. The number of benzene rings is 3. The summed E-state index contributed by atoms with van der Waals surface area (Å²) in [4.78, 5) is 17.2. The van der Waals surface area contributed by atoms with E-state index in [0.29, 0.717) is 34.3 Å². The van der Waals surface area contributed by atoms with Crippen LogP contribution in [-0.4, -0.2) is 52.9 Å². The molecule has 2 N–H and O–H groups in total. The van der Waals surface area contributed by atoms with Crippen LogP contribution in [-0.2, 0) is 16.3 Å². The molecule has 11 heteroatoms. The van der Waals surface area contributed by atoms with Gasteiger partial charge in [0, 0.05) is 24.1 Å². The van der Waals surface area contributed by atoms with E-state index in [4.69, 9.17) is 16.1 Å². The summed E-state index contributed by atoms with van der Waals surface area (Å²) in [7, 11) is -3.81. The molecule has 0 fully saturated rings. The second kappa shape index (κ2) is 11.1. The highest BCUT2D eigenvalue weighted by atomic mass is 35.5. The average Bonchev–Trinajstić information content (AvgIpc) is 3.33. The van der Waals surface area contributed by atoms with Gasteiger partial charge in [-0.1, -0.05) is 53.2 Å². The highest BCUT2D eigenvalue weighted by molar-refractivity contribution is 7.91. The molecule has 0 unspecified atom stereocenters. The minimum absolute atomic E-state index is 0.0901. The third kappa shape index (κ3) is 6.34. The minimum atomic E-state index is -3.81. The Morgan fingerprint density at radius 1 is 1.05 bits per heavy atom. The highest BCUT2D eigenvalue weighted by Gasteiger charge is 2.21. The van der Waals surface area contributed by atoms with E-state index in [0.717, 1.165) is 10.5 Å². The molecule has 1 aromatic heterocycles. The number of aromatic nitrogens is 2. The fourth-order valence-corrected chi connectivity index (χ4v) is 5.25. The predicted molar refractivity (Wildman–Crippen MR) is 136 cm³/mol. The zero-order valence-electron chi connectivity index (χ0n) is 19.8. The van der Waals surface area contributed by atoms with Crippen LogP contribution >= 0.6 is 11.6 Å². The van der Waals surface area contributed by atoms with E-state index in [-0.39, 0.29) is 22.9 Å². The highest BCUT2D eigenvalue weighted by Crippen LogP contribution is 2.26. The molecular weight excluding hydrogens is 518 g/mol. The lowest BCUT2D eigenvalue weighted by Gasteiger charge is -2.23. The number of carbonyl (C=O) groups is 1. The van der Waals surface area contributed by atoms with Gasteiger partial charge in [0.15, 0.2) is 0 Å². The number of amides is 1. The number of rotatable bonds is 9. The number of halogens is 1. The molecule has 192 valence electrons. The number of nitrogens with zero attached hydrogens (tertiary/aromatic N) is 3. The summed E-state index contributed by atoms with van der Waals surface area (Å²) in [5.74, 6) is 0.674. The maximum atomic E-state index is 13.2.